The molecule has 0 saturated carbocycles. The third-order valence-corrected chi connectivity index (χ3v) is 4.98. The predicted molar refractivity (Wildman–Crippen MR) is 115 cm³/mol. The van der Waals surface area contributed by atoms with Gasteiger partial charge in [0.05, 0.1) is 19.1 Å². The number of para-hydroxylation sites is 1. The summed E-state index contributed by atoms with van der Waals surface area (Å²) in [5, 5.41) is 8.67. The van der Waals surface area contributed by atoms with Gasteiger partial charge in [0.2, 0.25) is 17.7 Å². The molecule has 0 aliphatic carbocycles. The van der Waals surface area contributed by atoms with Gasteiger partial charge in [0.15, 0.2) is 0 Å². The van der Waals surface area contributed by atoms with Crippen LogP contribution in [0.1, 0.15) is 38.7 Å². The Bertz CT molecular complexity index is 725. The van der Waals surface area contributed by atoms with Crippen LogP contribution >= 0.6 is 0 Å². The summed E-state index contributed by atoms with van der Waals surface area (Å²) in [5.74, 6) is 0.0669. The Balaban J connectivity index is 2.14. The molecule has 166 valence electrons. The molecule has 1 aliphatic heterocycles. The number of fused-ring (bicyclic) bond motifs is 1. The standard InChI is InChI=1S/C22H34N4O4/c1-4-8-18-22(29)26(3)15-21(28)25-14-20(27)23-12-7-10-17-9-5-6-11-19(17)30-16(2)13-24-18/h5-6,9,11,16,18,24H,4,7-8,10,12-15H2,1-3H3,(H,23,27)(H,25,28)/t16-,18?/m1/s1. The Labute approximate surface area is 178 Å². The number of nitrogens with one attached hydrogen (secondary N) is 3. The van der Waals surface area contributed by atoms with Crippen LogP contribution in [-0.2, 0) is 20.8 Å². The smallest absolute Gasteiger partial charge is 0.240 e. The SMILES string of the molecule is CCCC1NC[C@@H](C)Oc2ccccc2CCCNC(=O)CNC(=O)CN(C)C1=O. The molecule has 2 rings (SSSR count). The number of carbonyl (C=O) groups is 3. The van der Waals surface area contributed by atoms with Gasteiger partial charge in [-0.25, -0.2) is 0 Å². The van der Waals surface area contributed by atoms with Crippen LogP contribution < -0.4 is 20.7 Å². The molecule has 3 amide bonds. The number of likely N-dealkylation sites (N-methyl/N-ethyl adjacent to an activating group) is 1. The first kappa shape index (κ1) is 23.7. The van der Waals surface area contributed by atoms with Crippen LogP contribution in [0.25, 0.3) is 0 Å². The summed E-state index contributed by atoms with van der Waals surface area (Å²) < 4.78 is 6.13. The van der Waals surface area contributed by atoms with Crippen molar-refractivity contribution in [1.29, 1.82) is 0 Å². The van der Waals surface area contributed by atoms with Crippen LogP contribution in [0, 0.1) is 0 Å². The van der Waals surface area contributed by atoms with Crippen LogP contribution in [0.15, 0.2) is 24.3 Å². The Hall–Kier alpha value is -2.61. The van der Waals surface area contributed by atoms with Crippen molar-refractivity contribution in [1.82, 2.24) is 20.9 Å². The van der Waals surface area contributed by atoms with E-state index in [2.05, 4.69) is 16.0 Å². The molecule has 0 bridgehead atoms. The maximum atomic E-state index is 12.8. The van der Waals surface area contributed by atoms with Crippen molar-refractivity contribution in [3.05, 3.63) is 29.8 Å². The number of hydrogen-bond acceptors (Lipinski definition) is 5. The van der Waals surface area contributed by atoms with Crippen LogP contribution in [0.5, 0.6) is 5.75 Å². The van der Waals surface area contributed by atoms with Crippen LogP contribution in [0.4, 0.5) is 0 Å². The largest absolute Gasteiger partial charge is 0.489 e. The van der Waals surface area contributed by atoms with E-state index in [-0.39, 0.29) is 36.9 Å². The van der Waals surface area contributed by atoms with E-state index in [1.807, 2.05) is 38.1 Å². The average molecular weight is 419 g/mol. The van der Waals surface area contributed by atoms with E-state index in [0.29, 0.717) is 19.5 Å². The normalized spacial score (nSPS) is 22.8. The molecule has 8 nitrogen and oxygen atoms in total. The second kappa shape index (κ2) is 12.2. The topological polar surface area (TPSA) is 99.8 Å². The lowest BCUT2D eigenvalue weighted by Crippen LogP contribution is -2.50. The lowest BCUT2D eigenvalue weighted by atomic mass is 10.1. The van der Waals surface area contributed by atoms with E-state index in [9.17, 15) is 14.4 Å². The predicted octanol–water partition coefficient (Wildman–Crippen LogP) is 0.849. The minimum Gasteiger partial charge on any atom is -0.489 e. The van der Waals surface area contributed by atoms with Crippen molar-refractivity contribution in [3.63, 3.8) is 0 Å². The van der Waals surface area contributed by atoms with Gasteiger partial charge in [-0.15, -0.1) is 0 Å². The summed E-state index contributed by atoms with van der Waals surface area (Å²) in [6.07, 6.45) is 2.90. The quantitative estimate of drug-likeness (QED) is 0.661. The first-order valence-electron chi connectivity index (χ1n) is 10.7. The monoisotopic (exact) mass is 418 g/mol. The minimum atomic E-state index is -0.392. The average Bonchev–Trinajstić information content (AvgIpc) is 2.72. The molecule has 0 radical (unpaired) electrons. The zero-order valence-electron chi connectivity index (χ0n) is 18.2. The van der Waals surface area contributed by atoms with Gasteiger partial charge < -0.3 is 25.6 Å². The zero-order chi connectivity index (χ0) is 21.9. The van der Waals surface area contributed by atoms with Gasteiger partial charge in [-0.05, 0) is 37.8 Å². The molecule has 0 spiro atoms. The summed E-state index contributed by atoms with van der Waals surface area (Å²) in [7, 11) is 1.60. The molecule has 3 N–H and O–H groups in total. The molecule has 1 aromatic rings. The van der Waals surface area contributed by atoms with E-state index >= 15 is 0 Å². The highest BCUT2D eigenvalue weighted by Gasteiger charge is 2.23. The van der Waals surface area contributed by atoms with Gasteiger partial charge in [-0.1, -0.05) is 31.5 Å². The molecule has 1 aromatic carbocycles. The number of amides is 3. The minimum absolute atomic E-state index is 0.0898. The fourth-order valence-electron chi connectivity index (χ4n) is 3.36. The second-order valence-electron chi connectivity index (χ2n) is 7.71. The highest BCUT2D eigenvalue weighted by Crippen LogP contribution is 2.20. The highest BCUT2D eigenvalue weighted by atomic mass is 16.5. The summed E-state index contributed by atoms with van der Waals surface area (Å²) >= 11 is 0. The maximum Gasteiger partial charge on any atom is 0.240 e. The highest BCUT2D eigenvalue weighted by molar-refractivity contribution is 5.89. The lowest BCUT2D eigenvalue weighted by Gasteiger charge is -2.26. The van der Waals surface area contributed by atoms with Crippen LogP contribution in [-0.4, -0.2) is 68.0 Å². The third kappa shape index (κ3) is 7.67. The van der Waals surface area contributed by atoms with Crippen molar-refractivity contribution in [2.75, 3.05) is 33.2 Å². The number of rotatable bonds is 2. The summed E-state index contributed by atoms with van der Waals surface area (Å²) in [6, 6.07) is 7.48. The van der Waals surface area contributed by atoms with Gasteiger partial charge in [-0.2, -0.15) is 0 Å². The van der Waals surface area contributed by atoms with E-state index in [0.717, 1.165) is 30.6 Å². The van der Waals surface area contributed by atoms with E-state index in [1.165, 1.54) is 4.90 Å². The second-order valence-corrected chi connectivity index (χ2v) is 7.71. The Morgan fingerprint density at radius 2 is 1.90 bits per heavy atom. The molecule has 0 saturated heterocycles. The maximum absolute atomic E-state index is 12.8. The molecule has 1 heterocycles. The number of aryl methyl sites for hydroxylation is 1. The van der Waals surface area contributed by atoms with Crippen molar-refractivity contribution < 1.29 is 19.1 Å². The number of hydrogen-bond donors (Lipinski definition) is 3. The molecular weight excluding hydrogens is 384 g/mol. The summed E-state index contributed by atoms with van der Waals surface area (Å²) in [6.45, 7) is 4.81. The molecule has 2 atom stereocenters. The van der Waals surface area contributed by atoms with Crippen molar-refractivity contribution in [2.45, 2.75) is 51.7 Å². The number of benzene rings is 1. The van der Waals surface area contributed by atoms with Crippen LogP contribution in [0.3, 0.4) is 0 Å². The van der Waals surface area contributed by atoms with E-state index in [4.69, 9.17) is 4.74 Å². The fourth-order valence-corrected chi connectivity index (χ4v) is 3.36. The first-order chi connectivity index (χ1) is 14.4. The van der Waals surface area contributed by atoms with Gasteiger partial charge in [0.1, 0.15) is 11.9 Å². The summed E-state index contributed by atoms with van der Waals surface area (Å²) in [4.78, 5) is 38.3. The van der Waals surface area contributed by atoms with Crippen molar-refractivity contribution in [2.24, 2.45) is 0 Å². The van der Waals surface area contributed by atoms with Crippen LogP contribution in [0.2, 0.25) is 0 Å². The Kier molecular flexibility index (Phi) is 9.60. The zero-order valence-corrected chi connectivity index (χ0v) is 18.2. The van der Waals surface area contributed by atoms with Crippen molar-refractivity contribution >= 4 is 17.7 Å². The number of nitrogens with zero attached hydrogens (tertiary/aromatic N) is 1. The van der Waals surface area contributed by atoms with Gasteiger partial charge in [-0.3, -0.25) is 14.4 Å². The molecule has 0 aromatic heterocycles. The van der Waals surface area contributed by atoms with E-state index < -0.39 is 6.04 Å². The third-order valence-electron chi connectivity index (χ3n) is 4.98. The molecule has 8 heteroatoms. The number of carbonyl (C=O) groups excluding carboxylic acids is 3. The van der Waals surface area contributed by atoms with Crippen molar-refractivity contribution in [3.8, 4) is 5.75 Å². The lowest BCUT2D eigenvalue weighted by molar-refractivity contribution is -0.136. The summed E-state index contributed by atoms with van der Waals surface area (Å²) in [5.41, 5.74) is 1.08. The molecule has 0 fully saturated rings. The first-order valence-corrected chi connectivity index (χ1v) is 10.7. The van der Waals surface area contributed by atoms with Gasteiger partial charge in [0, 0.05) is 20.1 Å². The molecule has 1 aliphatic rings. The van der Waals surface area contributed by atoms with Gasteiger partial charge >= 0.3 is 0 Å². The molecule has 1 unspecified atom stereocenters. The fraction of sp³-hybridized carbons (Fsp3) is 0.591. The Morgan fingerprint density at radius 1 is 1.13 bits per heavy atom. The number of ether oxygens (including phenoxy) is 1. The van der Waals surface area contributed by atoms with E-state index in [1.54, 1.807) is 7.05 Å². The molecule has 30 heavy (non-hydrogen) atoms. The molecular formula is C22H34N4O4. The Morgan fingerprint density at radius 3 is 2.67 bits per heavy atom. The van der Waals surface area contributed by atoms with Gasteiger partial charge in [0.25, 0.3) is 0 Å².